The molecule has 0 amide bonds. The average Bonchev–Trinajstić information content (AvgIpc) is 3.27. The molecule has 0 saturated heterocycles. The largest absolute Gasteiger partial charge is 0.456 e. The highest BCUT2D eigenvalue weighted by Gasteiger charge is 2.20. The van der Waals surface area contributed by atoms with E-state index in [0.29, 0.717) is 11.1 Å². The van der Waals surface area contributed by atoms with Gasteiger partial charge in [0.2, 0.25) is 0 Å². The molecule has 0 radical (unpaired) electrons. The Morgan fingerprint density at radius 1 is 1.19 bits per heavy atom. The summed E-state index contributed by atoms with van der Waals surface area (Å²) >= 11 is 9.44. The first-order chi connectivity index (χ1) is 10.1. The molecular weight excluding hydrogens is 350 g/mol. The maximum atomic E-state index is 6.02. The van der Waals surface area contributed by atoms with Gasteiger partial charge in [0.05, 0.1) is 4.47 Å². The number of benzene rings is 2. The third-order valence-electron chi connectivity index (χ3n) is 3.54. The van der Waals surface area contributed by atoms with Crippen LogP contribution in [-0.2, 0) is 6.54 Å². The number of hydrogen-bond donors (Lipinski definition) is 1. The highest BCUT2D eigenvalue weighted by Crippen LogP contribution is 2.33. The Kier molecular flexibility index (Phi) is 4.53. The molecule has 4 heteroatoms. The third-order valence-corrected chi connectivity index (χ3v) is 4.39. The molecule has 21 heavy (non-hydrogen) atoms. The van der Waals surface area contributed by atoms with Crippen molar-refractivity contribution < 1.29 is 4.74 Å². The van der Waals surface area contributed by atoms with Gasteiger partial charge in [0.25, 0.3) is 0 Å². The molecule has 0 unspecified atom stereocenters. The van der Waals surface area contributed by atoms with Gasteiger partial charge < -0.3 is 10.1 Å². The predicted octanol–water partition coefficient (Wildman–Crippen LogP) is 5.46. The summed E-state index contributed by atoms with van der Waals surface area (Å²) in [5.41, 5.74) is 2.36. The van der Waals surface area contributed by atoms with Crippen molar-refractivity contribution in [3.8, 4) is 11.5 Å². The summed E-state index contributed by atoms with van der Waals surface area (Å²) in [5.74, 6) is 1.66. The van der Waals surface area contributed by atoms with Gasteiger partial charge in [-0.3, -0.25) is 0 Å². The minimum absolute atomic E-state index is 0.688. The van der Waals surface area contributed by atoms with Crippen LogP contribution in [0.4, 0.5) is 0 Å². The molecule has 0 heterocycles. The summed E-state index contributed by atoms with van der Waals surface area (Å²) in [5, 5.41) is 4.21. The molecule has 1 N–H and O–H groups in total. The van der Waals surface area contributed by atoms with Gasteiger partial charge in [-0.25, -0.2) is 0 Å². The van der Waals surface area contributed by atoms with Crippen LogP contribution >= 0.6 is 27.5 Å². The van der Waals surface area contributed by atoms with Crippen molar-refractivity contribution in [1.82, 2.24) is 5.32 Å². The average molecular weight is 367 g/mol. The van der Waals surface area contributed by atoms with E-state index in [1.165, 1.54) is 18.4 Å². The summed E-state index contributed by atoms with van der Waals surface area (Å²) in [7, 11) is 0. The second kappa shape index (κ2) is 6.39. The Bertz CT molecular complexity index is 655. The van der Waals surface area contributed by atoms with E-state index in [1.54, 1.807) is 0 Å². The number of ether oxygens (including phenoxy) is 1. The first-order valence-corrected chi connectivity index (χ1v) is 8.25. The molecule has 1 saturated carbocycles. The Labute approximate surface area is 138 Å². The molecule has 1 fully saturated rings. The normalized spacial score (nSPS) is 14.2. The quantitative estimate of drug-likeness (QED) is 0.759. The van der Waals surface area contributed by atoms with Crippen LogP contribution < -0.4 is 10.1 Å². The van der Waals surface area contributed by atoms with Crippen LogP contribution in [0.5, 0.6) is 11.5 Å². The lowest BCUT2D eigenvalue weighted by Crippen LogP contribution is -2.15. The standard InChI is InChI=1S/C17H17BrClNO/c1-11-2-3-12(10-20-14-5-6-14)8-17(11)21-16-7-4-13(19)9-15(16)18/h2-4,7-9,14,20H,5-6,10H2,1H3. The maximum Gasteiger partial charge on any atom is 0.141 e. The topological polar surface area (TPSA) is 21.3 Å². The predicted molar refractivity (Wildman–Crippen MR) is 90.3 cm³/mol. The Balaban J connectivity index is 1.77. The van der Waals surface area contributed by atoms with Crippen molar-refractivity contribution in [3.63, 3.8) is 0 Å². The van der Waals surface area contributed by atoms with Crippen molar-refractivity contribution in [1.29, 1.82) is 0 Å². The van der Waals surface area contributed by atoms with Gasteiger partial charge in [-0.2, -0.15) is 0 Å². The molecule has 1 aliphatic carbocycles. The summed E-state index contributed by atoms with van der Waals surface area (Å²) < 4.78 is 6.88. The summed E-state index contributed by atoms with van der Waals surface area (Å²) in [6.07, 6.45) is 2.60. The van der Waals surface area contributed by atoms with Gasteiger partial charge in [-0.05, 0) is 71.1 Å². The van der Waals surface area contributed by atoms with Crippen LogP contribution in [0.2, 0.25) is 5.02 Å². The zero-order valence-corrected chi connectivity index (χ0v) is 14.2. The molecular formula is C17H17BrClNO. The fraction of sp³-hybridized carbons (Fsp3) is 0.294. The van der Waals surface area contributed by atoms with Crippen LogP contribution in [0, 0.1) is 6.92 Å². The SMILES string of the molecule is Cc1ccc(CNC2CC2)cc1Oc1ccc(Cl)cc1Br. The zero-order valence-electron chi connectivity index (χ0n) is 11.8. The van der Waals surface area contributed by atoms with Gasteiger partial charge in [0.1, 0.15) is 11.5 Å². The molecule has 0 aromatic heterocycles. The van der Waals surface area contributed by atoms with Crippen molar-refractivity contribution in [2.45, 2.75) is 32.4 Å². The molecule has 0 atom stereocenters. The molecule has 2 aromatic rings. The molecule has 2 aromatic carbocycles. The van der Waals surface area contributed by atoms with Crippen LogP contribution in [-0.4, -0.2) is 6.04 Å². The van der Waals surface area contributed by atoms with Crippen molar-refractivity contribution in [2.24, 2.45) is 0 Å². The van der Waals surface area contributed by atoms with E-state index in [0.717, 1.165) is 28.1 Å². The van der Waals surface area contributed by atoms with Gasteiger partial charge in [0.15, 0.2) is 0 Å². The molecule has 110 valence electrons. The minimum Gasteiger partial charge on any atom is -0.456 e. The third kappa shape index (κ3) is 4.00. The molecule has 3 rings (SSSR count). The van der Waals surface area contributed by atoms with E-state index < -0.39 is 0 Å². The Morgan fingerprint density at radius 3 is 2.71 bits per heavy atom. The van der Waals surface area contributed by atoms with Crippen LogP contribution in [0.25, 0.3) is 0 Å². The lowest BCUT2D eigenvalue weighted by molar-refractivity contribution is 0.474. The first-order valence-electron chi connectivity index (χ1n) is 7.07. The van der Waals surface area contributed by atoms with E-state index >= 15 is 0 Å². The molecule has 0 spiro atoms. The highest BCUT2D eigenvalue weighted by atomic mass is 79.9. The molecule has 1 aliphatic rings. The van der Waals surface area contributed by atoms with Crippen molar-refractivity contribution >= 4 is 27.5 Å². The number of hydrogen-bond acceptors (Lipinski definition) is 2. The van der Waals surface area contributed by atoms with Gasteiger partial charge in [-0.15, -0.1) is 0 Å². The summed E-state index contributed by atoms with van der Waals surface area (Å²) in [4.78, 5) is 0. The molecule has 2 nitrogen and oxygen atoms in total. The monoisotopic (exact) mass is 365 g/mol. The number of halogens is 2. The smallest absolute Gasteiger partial charge is 0.141 e. The molecule has 0 aliphatic heterocycles. The van der Waals surface area contributed by atoms with Crippen LogP contribution in [0.15, 0.2) is 40.9 Å². The maximum absolute atomic E-state index is 6.02. The second-order valence-electron chi connectivity index (χ2n) is 5.43. The van der Waals surface area contributed by atoms with E-state index in [2.05, 4.69) is 46.4 Å². The van der Waals surface area contributed by atoms with E-state index in [-0.39, 0.29) is 0 Å². The lowest BCUT2D eigenvalue weighted by Gasteiger charge is -2.12. The zero-order chi connectivity index (χ0) is 14.8. The van der Waals surface area contributed by atoms with E-state index in [4.69, 9.17) is 16.3 Å². The van der Waals surface area contributed by atoms with Crippen LogP contribution in [0.3, 0.4) is 0 Å². The minimum atomic E-state index is 0.688. The Morgan fingerprint density at radius 2 is 2.00 bits per heavy atom. The molecule has 0 bridgehead atoms. The van der Waals surface area contributed by atoms with Crippen molar-refractivity contribution in [3.05, 3.63) is 57.0 Å². The summed E-state index contributed by atoms with van der Waals surface area (Å²) in [6.45, 7) is 2.94. The second-order valence-corrected chi connectivity index (χ2v) is 6.72. The van der Waals surface area contributed by atoms with Gasteiger partial charge in [-0.1, -0.05) is 23.7 Å². The number of nitrogens with one attached hydrogen (secondary N) is 1. The van der Waals surface area contributed by atoms with E-state index in [1.807, 2.05) is 18.2 Å². The van der Waals surface area contributed by atoms with E-state index in [9.17, 15) is 0 Å². The summed E-state index contributed by atoms with van der Waals surface area (Å²) in [6, 6.07) is 12.6. The van der Waals surface area contributed by atoms with Gasteiger partial charge >= 0.3 is 0 Å². The van der Waals surface area contributed by atoms with Crippen molar-refractivity contribution in [2.75, 3.05) is 0 Å². The first kappa shape index (κ1) is 14.9. The fourth-order valence-corrected chi connectivity index (χ4v) is 2.85. The Hall–Kier alpha value is -1.03. The van der Waals surface area contributed by atoms with Crippen LogP contribution in [0.1, 0.15) is 24.0 Å². The number of rotatable bonds is 5. The highest BCUT2D eigenvalue weighted by molar-refractivity contribution is 9.10. The van der Waals surface area contributed by atoms with Gasteiger partial charge in [0, 0.05) is 17.6 Å². The fourth-order valence-electron chi connectivity index (χ4n) is 2.09. The number of aryl methyl sites for hydroxylation is 1. The lowest BCUT2D eigenvalue weighted by atomic mass is 10.1.